The molecule has 3 N–H and O–H groups in total. The third-order valence-corrected chi connectivity index (χ3v) is 5.00. The Morgan fingerprint density at radius 1 is 1.11 bits per heavy atom. The molecule has 7 nitrogen and oxygen atoms in total. The number of aromatic amines is 1. The molecule has 0 bridgehead atoms. The van der Waals surface area contributed by atoms with Crippen molar-refractivity contribution in [2.75, 3.05) is 5.32 Å². The van der Waals surface area contributed by atoms with Crippen LogP contribution in [0, 0.1) is 0 Å². The number of imidazole rings is 1. The van der Waals surface area contributed by atoms with Gasteiger partial charge in [0.1, 0.15) is 5.82 Å². The summed E-state index contributed by atoms with van der Waals surface area (Å²) in [7, 11) is 0. The van der Waals surface area contributed by atoms with Gasteiger partial charge in [0.15, 0.2) is 0 Å². The summed E-state index contributed by atoms with van der Waals surface area (Å²) in [5.41, 5.74) is 2.32. The van der Waals surface area contributed by atoms with Gasteiger partial charge < -0.3 is 10.1 Å². The number of rotatable bonds is 3. The molecule has 0 unspecified atom stereocenters. The molecular weight excluding hydrogens is 422 g/mol. The molecule has 1 aliphatic carbocycles. The van der Waals surface area contributed by atoms with E-state index in [1.807, 2.05) is 17.6 Å². The summed E-state index contributed by atoms with van der Waals surface area (Å²) in [5, 5.41) is 10.2. The molecule has 0 radical (unpaired) electrons. The van der Waals surface area contributed by atoms with E-state index < -0.39 is 6.09 Å². The summed E-state index contributed by atoms with van der Waals surface area (Å²) < 4.78 is 1.11. The van der Waals surface area contributed by atoms with Gasteiger partial charge in [0.05, 0.1) is 11.9 Å². The first-order valence-electron chi connectivity index (χ1n) is 9.19. The predicted molar refractivity (Wildman–Crippen MR) is 111 cm³/mol. The van der Waals surface area contributed by atoms with Gasteiger partial charge >= 0.3 is 6.09 Å². The number of halogens is 1. The fourth-order valence-electron chi connectivity index (χ4n) is 3.18. The first-order valence-corrected chi connectivity index (χ1v) is 9.99. The number of anilines is 1. The van der Waals surface area contributed by atoms with Crippen LogP contribution in [0.2, 0.25) is 0 Å². The molecule has 4 rings (SSSR count). The minimum absolute atomic E-state index is 0.0926. The van der Waals surface area contributed by atoms with Crippen molar-refractivity contribution in [1.29, 1.82) is 0 Å². The highest BCUT2D eigenvalue weighted by Crippen LogP contribution is 2.32. The Hall–Kier alpha value is -2.74. The molecule has 2 aromatic heterocycles. The van der Waals surface area contributed by atoms with Gasteiger partial charge in [-0.2, -0.15) is 0 Å². The van der Waals surface area contributed by atoms with Crippen LogP contribution in [-0.4, -0.2) is 31.1 Å². The van der Waals surface area contributed by atoms with Crippen molar-refractivity contribution in [3.8, 4) is 11.3 Å². The Labute approximate surface area is 171 Å². The average Bonchev–Trinajstić information content (AvgIpc) is 3.20. The molecule has 3 aromatic rings. The minimum Gasteiger partial charge on any atom is -0.465 e. The lowest BCUT2D eigenvalue weighted by Gasteiger charge is -2.19. The molecule has 146 valence electrons. The molecule has 8 heteroatoms. The molecule has 0 aliphatic heterocycles. The minimum atomic E-state index is -1.16. The lowest BCUT2D eigenvalue weighted by molar-refractivity contribution is 0.209. The second-order valence-corrected chi connectivity index (χ2v) is 7.45. The average molecular weight is 444 g/mol. The number of H-pyrrole nitrogens is 1. The number of hydrogen-bond acceptors (Lipinski definition) is 4. The molecule has 1 aromatic carbocycles. The number of nitrogens with one attached hydrogen (secondary N) is 2. The third kappa shape index (κ3) is 5.88. The molecule has 2 heterocycles. The topological polar surface area (TPSA) is 104 Å². The zero-order chi connectivity index (χ0) is 19.8. The van der Waals surface area contributed by atoms with Crippen molar-refractivity contribution in [1.82, 2.24) is 19.9 Å². The Kier molecular flexibility index (Phi) is 7.13. The van der Waals surface area contributed by atoms with Crippen LogP contribution in [0.4, 0.5) is 10.7 Å². The van der Waals surface area contributed by atoms with Gasteiger partial charge in [-0.05, 0) is 31.0 Å². The van der Waals surface area contributed by atoms with E-state index in [1.165, 1.54) is 55.9 Å². The second-order valence-electron chi connectivity index (χ2n) is 6.53. The van der Waals surface area contributed by atoms with Gasteiger partial charge in [-0.1, -0.05) is 47.3 Å². The Morgan fingerprint density at radius 2 is 1.86 bits per heavy atom. The van der Waals surface area contributed by atoms with Crippen LogP contribution in [-0.2, 0) is 0 Å². The zero-order valence-electron chi connectivity index (χ0n) is 15.3. The summed E-state index contributed by atoms with van der Waals surface area (Å²) in [6, 6.07) is 9.94. The predicted octanol–water partition coefficient (Wildman–Crippen LogP) is 5.45. The SMILES string of the molecule is Brc1cccc(-c2cnc(C3CCCCC3)[nH]2)c1.O=C(O)Nc1ncccn1. The normalized spacial score (nSPS) is 14.0. The Balaban J connectivity index is 0.000000192. The van der Waals surface area contributed by atoms with E-state index in [9.17, 15) is 4.79 Å². The van der Waals surface area contributed by atoms with E-state index >= 15 is 0 Å². The fourth-order valence-corrected chi connectivity index (χ4v) is 3.58. The summed E-state index contributed by atoms with van der Waals surface area (Å²) in [6.07, 6.45) is 10.4. The first-order chi connectivity index (χ1) is 13.6. The monoisotopic (exact) mass is 443 g/mol. The largest absolute Gasteiger partial charge is 0.465 e. The molecule has 0 spiro atoms. The zero-order valence-corrected chi connectivity index (χ0v) is 16.9. The molecule has 1 aliphatic rings. The smallest absolute Gasteiger partial charge is 0.411 e. The molecule has 0 atom stereocenters. The van der Waals surface area contributed by atoms with Crippen LogP contribution in [0.3, 0.4) is 0 Å². The number of carbonyl (C=O) groups is 1. The highest BCUT2D eigenvalue weighted by atomic mass is 79.9. The van der Waals surface area contributed by atoms with Crippen molar-refractivity contribution in [3.05, 3.63) is 59.2 Å². The summed E-state index contributed by atoms with van der Waals surface area (Å²) >= 11 is 3.51. The number of benzene rings is 1. The van der Waals surface area contributed by atoms with E-state index in [-0.39, 0.29) is 5.95 Å². The fraction of sp³-hybridized carbons (Fsp3) is 0.300. The van der Waals surface area contributed by atoms with Crippen LogP contribution in [0.5, 0.6) is 0 Å². The van der Waals surface area contributed by atoms with E-state index in [2.05, 4.69) is 54.1 Å². The third-order valence-electron chi connectivity index (χ3n) is 4.51. The molecule has 1 saturated carbocycles. The van der Waals surface area contributed by atoms with Gasteiger partial charge in [-0.25, -0.2) is 19.7 Å². The lowest BCUT2D eigenvalue weighted by atomic mass is 9.89. The number of hydrogen-bond donors (Lipinski definition) is 3. The Morgan fingerprint density at radius 3 is 2.54 bits per heavy atom. The first kappa shape index (κ1) is 20.0. The highest BCUT2D eigenvalue weighted by Gasteiger charge is 2.18. The lowest BCUT2D eigenvalue weighted by Crippen LogP contribution is -2.09. The van der Waals surface area contributed by atoms with Crippen LogP contribution >= 0.6 is 15.9 Å². The maximum atomic E-state index is 9.98. The maximum Gasteiger partial charge on any atom is 0.411 e. The van der Waals surface area contributed by atoms with E-state index in [0.29, 0.717) is 5.92 Å². The van der Waals surface area contributed by atoms with E-state index in [0.717, 1.165) is 10.2 Å². The van der Waals surface area contributed by atoms with Crippen molar-refractivity contribution in [2.45, 2.75) is 38.0 Å². The number of aromatic nitrogens is 4. The molecule has 1 amide bonds. The van der Waals surface area contributed by atoms with Crippen LogP contribution < -0.4 is 5.32 Å². The van der Waals surface area contributed by atoms with Crippen molar-refractivity contribution in [2.24, 2.45) is 0 Å². The van der Waals surface area contributed by atoms with Gasteiger partial charge in [0.2, 0.25) is 5.95 Å². The molecule has 1 fully saturated rings. The van der Waals surface area contributed by atoms with Crippen LogP contribution in [0.15, 0.2) is 53.4 Å². The van der Waals surface area contributed by atoms with Crippen molar-refractivity contribution in [3.63, 3.8) is 0 Å². The molecular formula is C20H22BrN5O2. The van der Waals surface area contributed by atoms with Gasteiger partial charge in [-0.15, -0.1) is 0 Å². The quantitative estimate of drug-likeness (QED) is 0.498. The summed E-state index contributed by atoms with van der Waals surface area (Å²) in [6.45, 7) is 0. The van der Waals surface area contributed by atoms with Gasteiger partial charge in [-0.3, -0.25) is 5.32 Å². The maximum absolute atomic E-state index is 9.98. The Bertz CT molecular complexity index is 894. The molecule has 28 heavy (non-hydrogen) atoms. The number of nitrogens with zero attached hydrogens (tertiary/aromatic N) is 3. The van der Waals surface area contributed by atoms with Crippen LogP contribution in [0.1, 0.15) is 43.8 Å². The number of carboxylic acid groups (broad SMARTS) is 1. The summed E-state index contributed by atoms with van der Waals surface area (Å²) in [5.74, 6) is 1.90. The van der Waals surface area contributed by atoms with E-state index in [1.54, 1.807) is 6.07 Å². The highest BCUT2D eigenvalue weighted by molar-refractivity contribution is 9.10. The summed E-state index contributed by atoms with van der Waals surface area (Å²) in [4.78, 5) is 25.3. The van der Waals surface area contributed by atoms with Crippen LogP contribution in [0.25, 0.3) is 11.3 Å². The van der Waals surface area contributed by atoms with Gasteiger partial charge in [0.25, 0.3) is 0 Å². The van der Waals surface area contributed by atoms with Crippen molar-refractivity contribution >= 4 is 28.0 Å². The second kappa shape index (κ2) is 9.98. The molecule has 0 saturated heterocycles. The van der Waals surface area contributed by atoms with Crippen molar-refractivity contribution < 1.29 is 9.90 Å². The number of amides is 1. The van der Waals surface area contributed by atoms with E-state index in [4.69, 9.17) is 5.11 Å². The van der Waals surface area contributed by atoms with Gasteiger partial charge in [0, 0.05) is 28.3 Å². The standard InChI is InChI=1S/C15H17BrN2.C5H5N3O2/c16-13-8-4-7-12(9-13)14-10-17-15(18-14)11-5-2-1-3-6-11;9-5(10)8-4-6-2-1-3-7-4/h4,7-11H,1-3,5-6H2,(H,17,18);1-3H,(H,9,10)(H,6,7,8).